The van der Waals surface area contributed by atoms with E-state index < -0.39 is 10.0 Å². The number of carbonyl (C=O) groups is 1. The molecule has 0 atom stereocenters. The van der Waals surface area contributed by atoms with Crippen LogP contribution in [0.1, 0.15) is 36.5 Å². The lowest BCUT2D eigenvalue weighted by molar-refractivity contribution is 0.0940. The molecule has 0 saturated heterocycles. The summed E-state index contributed by atoms with van der Waals surface area (Å²) in [6, 6.07) is 6.29. The van der Waals surface area contributed by atoms with E-state index in [9.17, 15) is 13.2 Å². The lowest BCUT2D eigenvalue weighted by Gasteiger charge is -2.07. The van der Waals surface area contributed by atoms with E-state index in [1.54, 1.807) is 24.3 Å². The van der Waals surface area contributed by atoms with Crippen molar-refractivity contribution in [1.82, 2.24) is 5.32 Å². The van der Waals surface area contributed by atoms with Crippen molar-refractivity contribution in [3.05, 3.63) is 29.8 Å². The summed E-state index contributed by atoms with van der Waals surface area (Å²) in [6.07, 6.45) is 4.01. The Balaban J connectivity index is 2.31. The Morgan fingerprint density at radius 2 is 1.77 bits per heavy atom. The van der Waals surface area contributed by atoms with Crippen LogP contribution in [0.2, 0.25) is 0 Å². The zero-order valence-corrected chi connectivity index (χ0v) is 13.9. The number of benzene rings is 1. The van der Waals surface area contributed by atoms with Crippen molar-refractivity contribution >= 4 is 21.6 Å². The maximum atomic E-state index is 11.9. The van der Waals surface area contributed by atoms with Crippen LogP contribution in [0.3, 0.4) is 0 Å². The average Bonchev–Trinajstić information content (AvgIpc) is 2.45. The van der Waals surface area contributed by atoms with Gasteiger partial charge in [0.05, 0.1) is 6.26 Å². The largest absolute Gasteiger partial charge is 0.381 e. The highest BCUT2D eigenvalue weighted by Gasteiger charge is 2.06. The summed E-state index contributed by atoms with van der Waals surface area (Å²) in [4.78, 5) is 11.9. The maximum Gasteiger partial charge on any atom is 0.251 e. The predicted octanol–water partition coefficient (Wildman–Crippen LogP) is 1.99. The van der Waals surface area contributed by atoms with Gasteiger partial charge in [-0.3, -0.25) is 9.52 Å². The summed E-state index contributed by atoms with van der Waals surface area (Å²) < 4.78 is 29.9. The Kier molecular flexibility index (Phi) is 7.90. The minimum atomic E-state index is -3.30. The molecule has 0 aliphatic rings. The van der Waals surface area contributed by atoms with E-state index in [4.69, 9.17) is 4.74 Å². The molecular weight excluding hydrogens is 304 g/mol. The van der Waals surface area contributed by atoms with E-state index in [0.29, 0.717) is 24.4 Å². The van der Waals surface area contributed by atoms with Crippen LogP contribution < -0.4 is 10.0 Å². The van der Waals surface area contributed by atoms with Crippen molar-refractivity contribution in [2.45, 2.75) is 26.2 Å². The lowest BCUT2D eigenvalue weighted by Crippen LogP contribution is -2.25. The van der Waals surface area contributed by atoms with E-state index in [1.807, 2.05) is 0 Å². The molecule has 0 spiro atoms. The van der Waals surface area contributed by atoms with Crippen LogP contribution in [-0.4, -0.2) is 40.3 Å². The highest BCUT2D eigenvalue weighted by molar-refractivity contribution is 7.92. The first-order valence-corrected chi connectivity index (χ1v) is 9.25. The van der Waals surface area contributed by atoms with Crippen LogP contribution in [0.15, 0.2) is 24.3 Å². The summed E-state index contributed by atoms with van der Waals surface area (Å²) >= 11 is 0. The van der Waals surface area contributed by atoms with Crippen LogP contribution in [0.5, 0.6) is 0 Å². The van der Waals surface area contributed by atoms with Gasteiger partial charge in [-0.25, -0.2) is 8.42 Å². The zero-order valence-electron chi connectivity index (χ0n) is 13.1. The second-order valence-electron chi connectivity index (χ2n) is 5.03. The quantitative estimate of drug-likeness (QED) is 0.643. The third kappa shape index (κ3) is 7.99. The predicted molar refractivity (Wildman–Crippen MR) is 87.6 cm³/mol. The first-order chi connectivity index (χ1) is 10.4. The van der Waals surface area contributed by atoms with Gasteiger partial charge in [-0.15, -0.1) is 0 Å². The molecule has 1 rings (SSSR count). The van der Waals surface area contributed by atoms with E-state index in [2.05, 4.69) is 17.0 Å². The lowest BCUT2D eigenvalue weighted by atomic mass is 10.2. The number of amides is 1. The van der Waals surface area contributed by atoms with Crippen molar-refractivity contribution < 1.29 is 17.9 Å². The molecule has 6 nitrogen and oxygen atoms in total. The SMILES string of the molecule is CCCCOCCCNC(=O)c1ccc(NS(C)(=O)=O)cc1. The van der Waals surface area contributed by atoms with Crippen LogP contribution in [0.4, 0.5) is 5.69 Å². The minimum absolute atomic E-state index is 0.181. The Morgan fingerprint density at radius 1 is 1.14 bits per heavy atom. The number of hydrogen-bond acceptors (Lipinski definition) is 4. The zero-order chi connectivity index (χ0) is 16.4. The molecule has 2 N–H and O–H groups in total. The Morgan fingerprint density at radius 3 is 2.36 bits per heavy atom. The van der Waals surface area contributed by atoms with Gasteiger partial charge in [-0.05, 0) is 37.1 Å². The van der Waals surface area contributed by atoms with Gasteiger partial charge in [0, 0.05) is 31.0 Å². The molecule has 1 aromatic carbocycles. The first kappa shape index (κ1) is 18.4. The molecule has 0 unspecified atom stereocenters. The van der Waals surface area contributed by atoms with Crippen molar-refractivity contribution in [1.29, 1.82) is 0 Å². The number of sulfonamides is 1. The topological polar surface area (TPSA) is 84.5 Å². The monoisotopic (exact) mass is 328 g/mol. The molecular formula is C15H24N2O4S. The van der Waals surface area contributed by atoms with Crippen LogP contribution in [0, 0.1) is 0 Å². The molecule has 0 aliphatic carbocycles. The second kappa shape index (κ2) is 9.42. The first-order valence-electron chi connectivity index (χ1n) is 7.36. The average molecular weight is 328 g/mol. The normalized spacial score (nSPS) is 11.2. The van der Waals surface area contributed by atoms with Gasteiger partial charge in [-0.1, -0.05) is 13.3 Å². The molecule has 0 aliphatic heterocycles. The van der Waals surface area contributed by atoms with Gasteiger partial charge in [0.1, 0.15) is 0 Å². The third-order valence-corrected chi connectivity index (χ3v) is 3.45. The van der Waals surface area contributed by atoms with Gasteiger partial charge < -0.3 is 10.1 Å². The number of hydrogen-bond donors (Lipinski definition) is 2. The van der Waals surface area contributed by atoms with Crippen LogP contribution >= 0.6 is 0 Å². The van der Waals surface area contributed by atoms with Gasteiger partial charge >= 0.3 is 0 Å². The fraction of sp³-hybridized carbons (Fsp3) is 0.533. The highest BCUT2D eigenvalue weighted by Crippen LogP contribution is 2.10. The summed E-state index contributed by atoms with van der Waals surface area (Å²) in [6.45, 7) is 4.06. The van der Waals surface area contributed by atoms with E-state index in [1.165, 1.54) is 0 Å². The maximum absolute atomic E-state index is 11.9. The smallest absolute Gasteiger partial charge is 0.251 e. The molecule has 7 heteroatoms. The van der Waals surface area contributed by atoms with Gasteiger partial charge in [0.15, 0.2) is 0 Å². The molecule has 124 valence electrons. The van der Waals surface area contributed by atoms with Gasteiger partial charge in [-0.2, -0.15) is 0 Å². The van der Waals surface area contributed by atoms with E-state index in [-0.39, 0.29) is 5.91 Å². The summed E-state index contributed by atoms with van der Waals surface area (Å²) in [5.74, 6) is -0.181. The Labute approximate surface area is 132 Å². The Hall–Kier alpha value is -1.60. The van der Waals surface area contributed by atoms with Crippen molar-refractivity contribution in [3.8, 4) is 0 Å². The molecule has 1 aromatic rings. The number of carbonyl (C=O) groups excluding carboxylic acids is 1. The number of ether oxygens (including phenoxy) is 1. The molecule has 1 amide bonds. The Bertz CT molecular complexity index is 555. The summed E-state index contributed by atoms with van der Waals surface area (Å²) in [5.41, 5.74) is 0.925. The molecule has 0 saturated carbocycles. The third-order valence-electron chi connectivity index (χ3n) is 2.84. The molecule has 0 fully saturated rings. The number of nitrogens with one attached hydrogen (secondary N) is 2. The molecule has 0 radical (unpaired) electrons. The molecule has 0 bridgehead atoms. The number of anilines is 1. The van der Waals surface area contributed by atoms with Crippen LogP contribution in [-0.2, 0) is 14.8 Å². The fourth-order valence-corrected chi connectivity index (χ4v) is 2.29. The standard InChI is InChI=1S/C15H24N2O4S/c1-3-4-11-21-12-5-10-16-15(18)13-6-8-14(9-7-13)17-22(2,19)20/h6-9,17H,3-5,10-12H2,1-2H3,(H,16,18). The molecule has 0 aromatic heterocycles. The summed E-state index contributed by atoms with van der Waals surface area (Å²) in [7, 11) is -3.30. The van der Waals surface area contributed by atoms with Crippen molar-refractivity contribution in [2.75, 3.05) is 30.7 Å². The van der Waals surface area contributed by atoms with Crippen molar-refractivity contribution in [3.63, 3.8) is 0 Å². The van der Waals surface area contributed by atoms with Gasteiger partial charge in [0.2, 0.25) is 10.0 Å². The van der Waals surface area contributed by atoms with Gasteiger partial charge in [0.25, 0.3) is 5.91 Å². The molecule has 22 heavy (non-hydrogen) atoms. The fourth-order valence-electron chi connectivity index (χ4n) is 1.73. The number of rotatable bonds is 10. The highest BCUT2D eigenvalue weighted by atomic mass is 32.2. The van der Waals surface area contributed by atoms with Crippen LogP contribution in [0.25, 0.3) is 0 Å². The van der Waals surface area contributed by atoms with E-state index in [0.717, 1.165) is 32.1 Å². The summed E-state index contributed by atoms with van der Waals surface area (Å²) in [5, 5.41) is 2.80. The van der Waals surface area contributed by atoms with E-state index >= 15 is 0 Å². The molecule has 0 heterocycles. The van der Waals surface area contributed by atoms with Crippen molar-refractivity contribution in [2.24, 2.45) is 0 Å². The minimum Gasteiger partial charge on any atom is -0.381 e. The second-order valence-corrected chi connectivity index (χ2v) is 6.78. The number of unbranched alkanes of at least 4 members (excludes halogenated alkanes) is 1.